The lowest BCUT2D eigenvalue weighted by atomic mass is 10.1. The van der Waals surface area contributed by atoms with Crippen LogP contribution in [0.15, 0.2) is 4.99 Å². The molecule has 0 amide bonds. The molecule has 0 spiro atoms. The minimum atomic E-state index is 0.620. The number of hydrogen-bond donors (Lipinski definition) is 0. The first-order chi connectivity index (χ1) is 7.61. The SMILES string of the molecule is CC1CN(C2=NCC(CBr)S2)CC(C)N1C. The summed E-state index contributed by atoms with van der Waals surface area (Å²) in [5.74, 6) is 0. The van der Waals surface area contributed by atoms with Crippen LogP contribution in [0.25, 0.3) is 0 Å². The Morgan fingerprint density at radius 3 is 2.50 bits per heavy atom. The van der Waals surface area contributed by atoms with Crippen molar-refractivity contribution in [2.75, 3.05) is 32.0 Å². The Kier molecular flexibility index (Phi) is 4.19. The molecule has 3 unspecified atom stereocenters. The Balaban J connectivity index is 1.96. The molecule has 0 N–H and O–H groups in total. The van der Waals surface area contributed by atoms with Crippen LogP contribution < -0.4 is 0 Å². The third-order valence-electron chi connectivity index (χ3n) is 3.50. The second-order valence-electron chi connectivity index (χ2n) is 4.79. The maximum atomic E-state index is 4.66. The van der Waals surface area contributed by atoms with E-state index < -0.39 is 0 Å². The van der Waals surface area contributed by atoms with Gasteiger partial charge in [0, 0.05) is 35.8 Å². The van der Waals surface area contributed by atoms with E-state index in [1.165, 1.54) is 5.17 Å². The van der Waals surface area contributed by atoms with Crippen LogP contribution in [0.2, 0.25) is 0 Å². The highest BCUT2D eigenvalue weighted by molar-refractivity contribution is 9.09. The van der Waals surface area contributed by atoms with Gasteiger partial charge in [-0.3, -0.25) is 9.89 Å². The summed E-state index contributed by atoms with van der Waals surface area (Å²) < 4.78 is 0. The largest absolute Gasteiger partial charge is 0.348 e. The van der Waals surface area contributed by atoms with Crippen molar-refractivity contribution in [2.45, 2.75) is 31.2 Å². The maximum absolute atomic E-state index is 4.66. The van der Waals surface area contributed by atoms with E-state index in [4.69, 9.17) is 0 Å². The van der Waals surface area contributed by atoms with Gasteiger partial charge in [-0.05, 0) is 20.9 Å². The summed E-state index contributed by atoms with van der Waals surface area (Å²) in [5, 5.41) is 2.94. The fraction of sp³-hybridized carbons (Fsp3) is 0.909. The molecule has 0 radical (unpaired) electrons. The quantitative estimate of drug-likeness (QED) is 0.689. The molecule has 1 saturated heterocycles. The summed E-state index contributed by atoms with van der Waals surface area (Å²) in [5.41, 5.74) is 0. The molecule has 2 aliphatic heterocycles. The fourth-order valence-corrected chi connectivity index (χ4v) is 3.78. The molecular formula is C11H20BrN3S. The third kappa shape index (κ3) is 2.57. The highest BCUT2D eigenvalue weighted by Gasteiger charge is 2.31. The molecule has 2 rings (SSSR count). The van der Waals surface area contributed by atoms with Crippen molar-refractivity contribution in [3.63, 3.8) is 0 Å². The summed E-state index contributed by atoms with van der Waals surface area (Å²) in [4.78, 5) is 9.58. The van der Waals surface area contributed by atoms with E-state index in [0.717, 1.165) is 25.0 Å². The van der Waals surface area contributed by atoms with Gasteiger partial charge in [-0.2, -0.15) is 0 Å². The smallest absolute Gasteiger partial charge is 0.159 e. The number of hydrogen-bond acceptors (Lipinski definition) is 4. The van der Waals surface area contributed by atoms with Gasteiger partial charge in [-0.1, -0.05) is 27.7 Å². The van der Waals surface area contributed by atoms with E-state index in [9.17, 15) is 0 Å². The van der Waals surface area contributed by atoms with Crippen molar-refractivity contribution in [1.29, 1.82) is 0 Å². The molecule has 1 fully saturated rings. The number of alkyl halides is 1. The van der Waals surface area contributed by atoms with E-state index >= 15 is 0 Å². The zero-order valence-electron chi connectivity index (χ0n) is 10.2. The molecule has 0 saturated carbocycles. The lowest BCUT2D eigenvalue weighted by Crippen LogP contribution is -2.55. The van der Waals surface area contributed by atoms with Crippen molar-refractivity contribution in [3.8, 4) is 0 Å². The summed E-state index contributed by atoms with van der Waals surface area (Å²) in [7, 11) is 2.22. The standard InChI is InChI=1S/C11H20BrN3S/c1-8-6-15(7-9(2)14(8)3)11-13-5-10(4-12)16-11/h8-10H,4-7H2,1-3H3. The van der Waals surface area contributed by atoms with Gasteiger partial charge in [0.2, 0.25) is 0 Å². The summed E-state index contributed by atoms with van der Waals surface area (Å²) in [6.07, 6.45) is 0. The third-order valence-corrected chi connectivity index (χ3v) is 5.96. The Morgan fingerprint density at radius 2 is 2.00 bits per heavy atom. The number of nitrogens with zero attached hydrogens (tertiary/aromatic N) is 3. The molecule has 5 heteroatoms. The second kappa shape index (κ2) is 5.27. The lowest BCUT2D eigenvalue weighted by Gasteiger charge is -2.43. The Labute approximate surface area is 111 Å². The van der Waals surface area contributed by atoms with Crippen LogP contribution in [0.3, 0.4) is 0 Å². The van der Waals surface area contributed by atoms with Crippen LogP contribution in [-0.4, -0.2) is 64.3 Å². The average molecular weight is 306 g/mol. The molecule has 3 nitrogen and oxygen atoms in total. The van der Waals surface area contributed by atoms with Gasteiger partial charge in [0.25, 0.3) is 0 Å². The van der Waals surface area contributed by atoms with Crippen molar-refractivity contribution in [2.24, 2.45) is 4.99 Å². The zero-order chi connectivity index (χ0) is 11.7. The van der Waals surface area contributed by atoms with Gasteiger partial charge in [-0.25, -0.2) is 0 Å². The van der Waals surface area contributed by atoms with Crippen LogP contribution in [0.4, 0.5) is 0 Å². The highest BCUT2D eigenvalue weighted by atomic mass is 79.9. The molecule has 0 aromatic heterocycles. The van der Waals surface area contributed by atoms with E-state index in [1.807, 2.05) is 11.8 Å². The number of thioether (sulfide) groups is 1. The van der Waals surface area contributed by atoms with E-state index in [-0.39, 0.29) is 0 Å². The maximum Gasteiger partial charge on any atom is 0.159 e. The first kappa shape index (κ1) is 12.7. The van der Waals surface area contributed by atoms with Crippen molar-refractivity contribution < 1.29 is 0 Å². The van der Waals surface area contributed by atoms with Gasteiger partial charge in [0.1, 0.15) is 0 Å². The molecule has 2 heterocycles. The monoisotopic (exact) mass is 305 g/mol. The summed E-state index contributed by atoms with van der Waals surface area (Å²) >= 11 is 5.47. The molecule has 0 bridgehead atoms. The number of rotatable bonds is 1. The molecule has 16 heavy (non-hydrogen) atoms. The van der Waals surface area contributed by atoms with Crippen molar-refractivity contribution >= 4 is 32.9 Å². The number of halogens is 1. The molecule has 92 valence electrons. The number of likely N-dealkylation sites (N-methyl/N-ethyl adjacent to an activating group) is 1. The Morgan fingerprint density at radius 1 is 1.38 bits per heavy atom. The zero-order valence-corrected chi connectivity index (χ0v) is 12.6. The highest BCUT2D eigenvalue weighted by Crippen LogP contribution is 2.27. The number of amidine groups is 1. The number of aliphatic imine (C=N–C) groups is 1. The molecule has 2 aliphatic rings. The van der Waals surface area contributed by atoms with Crippen molar-refractivity contribution in [3.05, 3.63) is 0 Å². The van der Waals surface area contributed by atoms with Gasteiger partial charge in [0.05, 0.1) is 6.54 Å². The van der Waals surface area contributed by atoms with E-state index in [0.29, 0.717) is 17.3 Å². The van der Waals surface area contributed by atoms with E-state index in [1.54, 1.807) is 0 Å². The van der Waals surface area contributed by atoms with Crippen LogP contribution >= 0.6 is 27.7 Å². The molecule has 0 aromatic rings. The fourth-order valence-electron chi connectivity index (χ4n) is 2.22. The van der Waals surface area contributed by atoms with Gasteiger partial charge < -0.3 is 4.90 Å². The summed E-state index contributed by atoms with van der Waals surface area (Å²) in [6, 6.07) is 1.24. The molecule has 3 atom stereocenters. The van der Waals surface area contributed by atoms with Crippen molar-refractivity contribution in [1.82, 2.24) is 9.80 Å². The van der Waals surface area contributed by atoms with Crippen LogP contribution in [0.5, 0.6) is 0 Å². The molecule has 0 aromatic carbocycles. The van der Waals surface area contributed by atoms with Gasteiger partial charge >= 0.3 is 0 Å². The predicted octanol–water partition coefficient (Wildman–Crippen LogP) is 1.88. The minimum Gasteiger partial charge on any atom is -0.348 e. The Hall–Kier alpha value is 0.260. The van der Waals surface area contributed by atoms with Gasteiger partial charge in [0.15, 0.2) is 5.17 Å². The van der Waals surface area contributed by atoms with Crippen LogP contribution in [0, 0.1) is 0 Å². The first-order valence-corrected chi connectivity index (χ1v) is 7.86. The topological polar surface area (TPSA) is 18.8 Å². The lowest BCUT2D eigenvalue weighted by molar-refractivity contribution is 0.101. The molecule has 0 aliphatic carbocycles. The first-order valence-electron chi connectivity index (χ1n) is 5.85. The predicted molar refractivity (Wildman–Crippen MR) is 75.7 cm³/mol. The normalized spacial score (nSPS) is 36.6. The second-order valence-corrected chi connectivity index (χ2v) is 6.70. The minimum absolute atomic E-state index is 0.620. The average Bonchev–Trinajstić information content (AvgIpc) is 2.73. The summed E-state index contributed by atoms with van der Waals surface area (Å²) in [6.45, 7) is 7.79. The van der Waals surface area contributed by atoms with E-state index in [2.05, 4.69) is 51.6 Å². The van der Waals surface area contributed by atoms with Crippen LogP contribution in [-0.2, 0) is 0 Å². The molecular weight excluding hydrogens is 286 g/mol. The van der Waals surface area contributed by atoms with Gasteiger partial charge in [-0.15, -0.1) is 0 Å². The van der Waals surface area contributed by atoms with Crippen LogP contribution in [0.1, 0.15) is 13.8 Å². The number of piperazine rings is 1. The Bertz CT molecular complexity index is 272.